The van der Waals surface area contributed by atoms with Gasteiger partial charge in [0.2, 0.25) is 0 Å². The van der Waals surface area contributed by atoms with Crippen LogP contribution in [0.25, 0.3) is 0 Å². The molecule has 0 fully saturated rings. The highest BCUT2D eigenvalue weighted by atomic mass is 79.9. The van der Waals surface area contributed by atoms with E-state index < -0.39 is 0 Å². The Labute approximate surface area is 133 Å². The molecule has 0 saturated carbocycles. The van der Waals surface area contributed by atoms with E-state index >= 15 is 0 Å². The van der Waals surface area contributed by atoms with Crippen LogP contribution in [-0.4, -0.2) is 7.05 Å². The van der Waals surface area contributed by atoms with Crippen molar-refractivity contribution in [3.8, 4) is 5.75 Å². The number of ether oxygens (including phenoxy) is 1. The molecule has 0 radical (unpaired) electrons. The van der Waals surface area contributed by atoms with Crippen LogP contribution in [0.15, 0.2) is 38.6 Å². The summed E-state index contributed by atoms with van der Waals surface area (Å²) < 4.78 is 8.34. The molecule has 2 unspecified atom stereocenters. The van der Waals surface area contributed by atoms with Gasteiger partial charge in [-0.1, -0.05) is 22.0 Å². The summed E-state index contributed by atoms with van der Waals surface area (Å²) in [6.45, 7) is 0. The van der Waals surface area contributed by atoms with Gasteiger partial charge in [0, 0.05) is 37.2 Å². The van der Waals surface area contributed by atoms with Crippen molar-refractivity contribution in [1.29, 1.82) is 0 Å². The van der Waals surface area contributed by atoms with Crippen molar-refractivity contribution in [3.63, 3.8) is 0 Å². The highest BCUT2D eigenvalue weighted by Crippen LogP contribution is 2.43. The van der Waals surface area contributed by atoms with Crippen LogP contribution in [0, 0.1) is 0 Å². The van der Waals surface area contributed by atoms with E-state index in [0.29, 0.717) is 6.04 Å². The van der Waals surface area contributed by atoms with Gasteiger partial charge in [0.1, 0.15) is 11.9 Å². The van der Waals surface area contributed by atoms with Crippen LogP contribution in [0.3, 0.4) is 0 Å². The predicted molar refractivity (Wildman–Crippen MR) is 85.9 cm³/mol. The fourth-order valence-corrected chi connectivity index (χ4v) is 4.21. The monoisotopic (exact) mass is 401 g/mol. The first kappa shape index (κ1) is 13.6. The van der Waals surface area contributed by atoms with Gasteiger partial charge in [0.05, 0.1) is 0 Å². The molecular weight excluding hydrogens is 390 g/mol. The summed E-state index contributed by atoms with van der Waals surface area (Å²) in [5.74, 6) is 0.967. The van der Waals surface area contributed by atoms with Crippen LogP contribution in [0.5, 0.6) is 5.75 Å². The molecule has 2 atom stereocenters. The van der Waals surface area contributed by atoms with E-state index in [1.54, 1.807) is 11.3 Å². The molecular formula is C14H13Br2NOS. The van der Waals surface area contributed by atoms with Gasteiger partial charge in [-0.2, -0.15) is 0 Å². The maximum absolute atomic E-state index is 6.16. The van der Waals surface area contributed by atoms with Crippen molar-refractivity contribution >= 4 is 43.2 Å². The zero-order chi connectivity index (χ0) is 13.4. The minimum absolute atomic E-state index is 0.121. The summed E-state index contributed by atoms with van der Waals surface area (Å²) in [5, 5.41) is 5.48. The lowest BCUT2D eigenvalue weighted by molar-refractivity contribution is 0.157. The lowest BCUT2D eigenvalue weighted by Crippen LogP contribution is -2.26. The van der Waals surface area contributed by atoms with Crippen LogP contribution in [0.2, 0.25) is 0 Å². The molecule has 2 heterocycles. The Balaban J connectivity index is 1.96. The third-order valence-electron chi connectivity index (χ3n) is 3.32. The first-order chi connectivity index (χ1) is 9.17. The molecule has 2 nitrogen and oxygen atoms in total. The maximum Gasteiger partial charge on any atom is 0.135 e. The lowest BCUT2D eigenvalue weighted by atomic mass is 9.96. The van der Waals surface area contributed by atoms with Crippen molar-refractivity contribution < 1.29 is 4.74 Å². The Kier molecular flexibility index (Phi) is 3.98. The van der Waals surface area contributed by atoms with Gasteiger partial charge in [-0.05, 0) is 41.2 Å². The average molecular weight is 403 g/mol. The highest BCUT2D eigenvalue weighted by molar-refractivity contribution is 9.10. The Morgan fingerprint density at radius 1 is 1.26 bits per heavy atom. The molecule has 3 rings (SSSR count). The van der Waals surface area contributed by atoms with Gasteiger partial charge >= 0.3 is 0 Å². The average Bonchev–Trinajstić information content (AvgIpc) is 2.83. The molecule has 0 aliphatic carbocycles. The summed E-state index contributed by atoms with van der Waals surface area (Å²) in [7, 11) is 2.00. The third-order valence-corrected chi connectivity index (χ3v) is 5.60. The second-order valence-electron chi connectivity index (χ2n) is 4.53. The minimum atomic E-state index is 0.121. The van der Waals surface area contributed by atoms with Gasteiger partial charge in [0.25, 0.3) is 0 Å². The second kappa shape index (κ2) is 5.56. The predicted octanol–water partition coefficient (Wildman–Crippen LogP) is 5.06. The molecule has 19 heavy (non-hydrogen) atoms. The van der Waals surface area contributed by atoms with Crippen molar-refractivity contribution in [1.82, 2.24) is 5.32 Å². The SMILES string of the molecule is CNC1CC(c2cc(Br)cs2)Oc2cc(Br)ccc21. The van der Waals surface area contributed by atoms with Crippen LogP contribution in [-0.2, 0) is 0 Å². The topological polar surface area (TPSA) is 21.3 Å². The Bertz CT molecular complexity index is 599. The first-order valence-corrected chi connectivity index (χ1v) is 8.51. The van der Waals surface area contributed by atoms with Gasteiger partial charge in [-0.3, -0.25) is 0 Å². The number of fused-ring (bicyclic) bond motifs is 1. The van der Waals surface area contributed by atoms with Crippen molar-refractivity contribution in [3.05, 3.63) is 49.0 Å². The standard InChI is InChI=1S/C14H13Br2NOS/c1-17-11-6-13(14-5-9(16)7-19-14)18-12-4-8(15)2-3-10(11)12/h2-5,7,11,13,17H,6H2,1H3. The molecule has 1 N–H and O–H groups in total. The third kappa shape index (κ3) is 2.75. The molecule has 5 heteroatoms. The van der Waals surface area contributed by atoms with Crippen LogP contribution < -0.4 is 10.1 Å². The Morgan fingerprint density at radius 2 is 2.11 bits per heavy atom. The fourth-order valence-electron chi connectivity index (χ4n) is 2.39. The molecule has 100 valence electrons. The van der Waals surface area contributed by atoms with Crippen molar-refractivity contribution in [2.45, 2.75) is 18.6 Å². The number of thiophene rings is 1. The summed E-state index contributed by atoms with van der Waals surface area (Å²) in [6, 6.07) is 8.72. The molecule has 1 aliphatic rings. The van der Waals surface area contributed by atoms with Gasteiger partial charge < -0.3 is 10.1 Å². The maximum atomic E-state index is 6.16. The van der Waals surface area contributed by atoms with E-state index in [0.717, 1.165) is 21.1 Å². The highest BCUT2D eigenvalue weighted by Gasteiger charge is 2.29. The molecule has 0 spiro atoms. The van der Waals surface area contributed by atoms with Gasteiger partial charge in [-0.25, -0.2) is 0 Å². The number of hydrogen-bond donors (Lipinski definition) is 1. The van der Waals surface area contributed by atoms with Gasteiger partial charge in [-0.15, -0.1) is 11.3 Å². The Morgan fingerprint density at radius 3 is 2.79 bits per heavy atom. The fraction of sp³-hybridized carbons (Fsp3) is 0.286. The summed E-state index contributed by atoms with van der Waals surface area (Å²) >= 11 is 8.75. The number of nitrogens with one attached hydrogen (secondary N) is 1. The molecule has 0 amide bonds. The van der Waals surface area contributed by atoms with Crippen LogP contribution in [0.4, 0.5) is 0 Å². The van der Waals surface area contributed by atoms with E-state index in [2.05, 4.69) is 66.8 Å². The molecule has 1 aromatic carbocycles. The number of hydrogen-bond acceptors (Lipinski definition) is 3. The van der Waals surface area contributed by atoms with Crippen LogP contribution in [0.1, 0.15) is 29.0 Å². The normalized spacial score (nSPS) is 21.8. The van der Waals surface area contributed by atoms with Gasteiger partial charge in [0.15, 0.2) is 0 Å². The lowest BCUT2D eigenvalue weighted by Gasteiger charge is -2.31. The summed E-state index contributed by atoms with van der Waals surface area (Å²) in [6.07, 6.45) is 1.08. The first-order valence-electron chi connectivity index (χ1n) is 6.04. The number of rotatable bonds is 2. The minimum Gasteiger partial charge on any atom is -0.484 e. The molecule has 0 bridgehead atoms. The second-order valence-corrected chi connectivity index (χ2v) is 7.31. The zero-order valence-corrected chi connectivity index (χ0v) is 14.3. The molecule has 1 aliphatic heterocycles. The number of halogens is 2. The van der Waals surface area contributed by atoms with E-state index in [1.165, 1.54) is 10.4 Å². The van der Waals surface area contributed by atoms with E-state index in [-0.39, 0.29) is 6.10 Å². The molecule has 2 aromatic rings. The van der Waals surface area contributed by atoms with E-state index in [9.17, 15) is 0 Å². The summed E-state index contributed by atoms with van der Waals surface area (Å²) in [4.78, 5) is 1.26. The zero-order valence-electron chi connectivity index (χ0n) is 10.3. The van der Waals surface area contributed by atoms with E-state index in [1.807, 2.05) is 7.05 Å². The van der Waals surface area contributed by atoms with Crippen molar-refractivity contribution in [2.24, 2.45) is 0 Å². The summed E-state index contributed by atoms with van der Waals surface area (Å²) in [5.41, 5.74) is 1.23. The quantitative estimate of drug-likeness (QED) is 0.758. The van der Waals surface area contributed by atoms with Crippen molar-refractivity contribution in [2.75, 3.05) is 7.05 Å². The van der Waals surface area contributed by atoms with Crippen LogP contribution >= 0.6 is 43.2 Å². The van der Waals surface area contributed by atoms with E-state index in [4.69, 9.17) is 4.74 Å². The molecule has 0 saturated heterocycles. The molecule has 1 aromatic heterocycles. The number of benzene rings is 1. The largest absolute Gasteiger partial charge is 0.484 e. The Hall–Kier alpha value is -0.360. The smallest absolute Gasteiger partial charge is 0.135 e.